The minimum absolute atomic E-state index is 0.0181. The summed E-state index contributed by atoms with van der Waals surface area (Å²) in [5, 5.41) is 3.87. The lowest BCUT2D eigenvalue weighted by atomic mass is 9.77. The SMILES string of the molecule is Cc1nc(-c2cccnc2)sc1C(=O)N1CCC([C@H]2CNC(=O)c3ccccc32)CC1. The fourth-order valence-electron chi connectivity index (χ4n) is 4.71. The second-order valence-corrected chi connectivity index (χ2v) is 9.21. The molecule has 0 saturated carbocycles. The smallest absolute Gasteiger partial charge is 0.265 e. The van der Waals surface area contributed by atoms with Gasteiger partial charge < -0.3 is 10.2 Å². The van der Waals surface area contributed by atoms with E-state index in [2.05, 4.69) is 21.4 Å². The molecule has 0 spiro atoms. The Kier molecular flexibility index (Phi) is 5.28. The molecule has 158 valence electrons. The predicted octanol–water partition coefficient (Wildman–Crippen LogP) is 3.89. The van der Waals surface area contributed by atoms with Crippen LogP contribution < -0.4 is 5.32 Å². The van der Waals surface area contributed by atoms with Crippen molar-refractivity contribution in [2.75, 3.05) is 19.6 Å². The van der Waals surface area contributed by atoms with Crippen LogP contribution in [0, 0.1) is 12.8 Å². The summed E-state index contributed by atoms with van der Waals surface area (Å²) in [6.45, 7) is 4.04. The molecule has 2 aromatic heterocycles. The molecule has 2 amide bonds. The molecule has 3 aromatic rings. The quantitative estimate of drug-likeness (QED) is 0.681. The molecular weight excluding hydrogens is 408 g/mol. The van der Waals surface area contributed by atoms with E-state index in [1.807, 2.05) is 42.2 Å². The molecule has 31 heavy (non-hydrogen) atoms. The van der Waals surface area contributed by atoms with Crippen molar-refractivity contribution >= 4 is 23.2 Å². The lowest BCUT2D eigenvalue weighted by molar-refractivity contribution is 0.0678. The highest BCUT2D eigenvalue weighted by molar-refractivity contribution is 7.17. The zero-order valence-corrected chi connectivity index (χ0v) is 18.2. The number of thiazole rings is 1. The minimum atomic E-state index is 0.0181. The Morgan fingerprint density at radius 1 is 1.16 bits per heavy atom. The lowest BCUT2D eigenvalue weighted by Gasteiger charge is -2.38. The van der Waals surface area contributed by atoms with Gasteiger partial charge in [0.25, 0.3) is 11.8 Å². The van der Waals surface area contributed by atoms with Gasteiger partial charge in [-0.15, -0.1) is 11.3 Å². The third kappa shape index (κ3) is 3.74. The Balaban J connectivity index is 1.28. The predicted molar refractivity (Wildman–Crippen MR) is 120 cm³/mol. The van der Waals surface area contributed by atoms with Crippen LogP contribution in [0.25, 0.3) is 10.6 Å². The van der Waals surface area contributed by atoms with Gasteiger partial charge in [-0.3, -0.25) is 14.6 Å². The first-order chi connectivity index (χ1) is 15.1. The maximum absolute atomic E-state index is 13.2. The topological polar surface area (TPSA) is 75.2 Å². The minimum Gasteiger partial charge on any atom is -0.351 e. The Hall–Kier alpha value is -3.06. The van der Waals surface area contributed by atoms with Crippen molar-refractivity contribution in [2.24, 2.45) is 5.92 Å². The third-order valence-corrected chi connectivity index (χ3v) is 7.58. The third-order valence-electron chi connectivity index (χ3n) is 6.38. The number of benzene rings is 1. The van der Waals surface area contributed by atoms with Crippen molar-refractivity contribution < 1.29 is 9.59 Å². The van der Waals surface area contributed by atoms with Gasteiger partial charge in [-0.05, 0) is 49.4 Å². The van der Waals surface area contributed by atoms with E-state index >= 15 is 0 Å². The van der Waals surface area contributed by atoms with Crippen LogP contribution in [0.5, 0.6) is 0 Å². The number of carbonyl (C=O) groups excluding carboxylic acids is 2. The molecule has 2 aliphatic rings. The first kappa shape index (κ1) is 19.9. The molecule has 4 heterocycles. The van der Waals surface area contributed by atoms with Crippen molar-refractivity contribution in [1.82, 2.24) is 20.2 Å². The number of likely N-dealkylation sites (tertiary alicyclic amines) is 1. The average molecular weight is 433 g/mol. The number of nitrogens with zero attached hydrogens (tertiary/aromatic N) is 3. The van der Waals surface area contributed by atoms with Gasteiger partial charge in [0.15, 0.2) is 0 Å². The number of fused-ring (bicyclic) bond motifs is 1. The maximum atomic E-state index is 13.2. The molecule has 1 atom stereocenters. The number of carbonyl (C=O) groups is 2. The number of piperidine rings is 1. The summed E-state index contributed by atoms with van der Waals surface area (Å²) in [6, 6.07) is 11.8. The van der Waals surface area contributed by atoms with E-state index in [0.29, 0.717) is 23.3 Å². The van der Waals surface area contributed by atoms with Gasteiger partial charge in [0.2, 0.25) is 0 Å². The Morgan fingerprint density at radius 2 is 1.97 bits per heavy atom. The summed E-state index contributed by atoms with van der Waals surface area (Å²) in [7, 11) is 0. The summed E-state index contributed by atoms with van der Waals surface area (Å²) < 4.78 is 0. The number of hydrogen-bond acceptors (Lipinski definition) is 5. The van der Waals surface area contributed by atoms with Crippen LogP contribution in [-0.2, 0) is 0 Å². The zero-order chi connectivity index (χ0) is 21.4. The monoisotopic (exact) mass is 432 g/mol. The van der Waals surface area contributed by atoms with Gasteiger partial charge >= 0.3 is 0 Å². The Morgan fingerprint density at radius 3 is 2.74 bits per heavy atom. The number of hydrogen-bond donors (Lipinski definition) is 1. The van der Waals surface area contributed by atoms with Crippen LogP contribution in [0.1, 0.15) is 50.0 Å². The standard InChI is InChI=1S/C24H24N4O2S/c1-15-21(31-23(27-15)17-5-4-10-25-13-17)24(30)28-11-8-16(9-12-28)20-14-26-22(29)19-7-3-2-6-18(19)20/h2-7,10,13,16,20H,8-9,11-12,14H2,1H3,(H,26,29)/t20-/m1/s1. The molecule has 5 rings (SSSR count). The summed E-state index contributed by atoms with van der Waals surface area (Å²) >= 11 is 1.44. The van der Waals surface area contributed by atoms with Gasteiger partial charge in [0, 0.05) is 49.1 Å². The van der Waals surface area contributed by atoms with Crippen molar-refractivity contribution in [2.45, 2.75) is 25.7 Å². The van der Waals surface area contributed by atoms with Crippen LogP contribution in [0.15, 0.2) is 48.8 Å². The van der Waals surface area contributed by atoms with E-state index in [-0.39, 0.29) is 11.8 Å². The Labute approximate surface area is 185 Å². The van der Waals surface area contributed by atoms with Gasteiger partial charge in [-0.1, -0.05) is 18.2 Å². The largest absolute Gasteiger partial charge is 0.351 e. The number of rotatable bonds is 3. The van der Waals surface area contributed by atoms with E-state index in [4.69, 9.17) is 0 Å². The second kappa shape index (κ2) is 8.23. The highest BCUT2D eigenvalue weighted by Gasteiger charge is 2.34. The van der Waals surface area contributed by atoms with E-state index in [9.17, 15) is 9.59 Å². The van der Waals surface area contributed by atoms with E-state index in [1.54, 1.807) is 12.4 Å². The molecule has 0 aliphatic carbocycles. The van der Waals surface area contributed by atoms with Crippen molar-refractivity contribution in [1.29, 1.82) is 0 Å². The second-order valence-electron chi connectivity index (χ2n) is 8.21. The number of aryl methyl sites for hydroxylation is 1. The van der Waals surface area contributed by atoms with Crippen molar-refractivity contribution in [3.8, 4) is 10.6 Å². The number of amides is 2. The Bertz CT molecular complexity index is 1120. The molecule has 6 nitrogen and oxygen atoms in total. The molecule has 1 fully saturated rings. The van der Waals surface area contributed by atoms with Gasteiger partial charge in [0.05, 0.1) is 5.69 Å². The van der Waals surface area contributed by atoms with Crippen molar-refractivity contribution in [3.05, 3.63) is 70.5 Å². The molecule has 7 heteroatoms. The average Bonchev–Trinajstić information content (AvgIpc) is 3.21. The first-order valence-electron chi connectivity index (χ1n) is 10.7. The summed E-state index contributed by atoms with van der Waals surface area (Å²) in [4.78, 5) is 36.8. The molecule has 0 radical (unpaired) electrons. The molecule has 1 N–H and O–H groups in total. The van der Waals surface area contributed by atoms with Gasteiger partial charge in [0.1, 0.15) is 9.88 Å². The zero-order valence-electron chi connectivity index (χ0n) is 17.4. The number of nitrogens with one attached hydrogen (secondary N) is 1. The molecule has 1 aromatic carbocycles. The summed E-state index contributed by atoms with van der Waals surface area (Å²) in [5.74, 6) is 0.860. The van der Waals surface area contributed by atoms with E-state index < -0.39 is 0 Å². The molecule has 0 bridgehead atoms. The van der Waals surface area contributed by atoms with Crippen LogP contribution in [0.2, 0.25) is 0 Å². The van der Waals surface area contributed by atoms with Gasteiger partial charge in [-0.25, -0.2) is 4.98 Å². The van der Waals surface area contributed by atoms with Crippen molar-refractivity contribution in [3.63, 3.8) is 0 Å². The maximum Gasteiger partial charge on any atom is 0.265 e. The summed E-state index contributed by atoms with van der Waals surface area (Å²) in [5.41, 5.74) is 3.65. The van der Waals surface area contributed by atoms with Crippen LogP contribution in [0.3, 0.4) is 0 Å². The molecular formula is C24H24N4O2S. The lowest BCUT2D eigenvalue weighted by Crippen LogP contribution is -2.43. The van der Waals surface area contributed by atoms with Crippen LogP contribution in [0.4, 0.5) is 0 Å². The van der Waals surface area contributed by atoms with Gasteiger partial charge in [-0.2, -0.15) is 0 Å². The van der Waals surface area contributed by atoms with Crippen LogP contribution >= 0.6 is 11.3 Å². The fraction of sp³-hybridized carbons (Fsp3) is 0.333. The highest BCUT2D eigenvalue weighted by atomic mass is 32.1. The summed E-state index contributed by atoms with van der Waals surface area (Å²) in [6.07, 6.45) is 5.39. The van der Waals surface area contributed by atoms with Crippen LogP contribution in [-0.4, -0.2) is 46.3 Å². The molecule has 1 saturated heterocycles. The number of pyridine rings is 1. The normalized spacial score (nSPS) is 19.1. The molecule has 2 aliphatic heterocycles. The first-order valence-corrected chi connectivity index (χ1v) is 11.5. The fourth-order valence-corrected chi connectivity index (χ4v) is 5.74. The van der Waals surface area contributed by atoms with E-state index in [0.717, 1.165) is 53.3 Å². The van der Waals surface area contributed by atoms with E-state index in [1.165, 1.54) is 11.3 Å². The highest BCUT2D eigenvalue weighted by Crippen LogP contribution is 2.37. The molecule has 0 unspecified atom stereocenters. The number of aromatic nitrogens is 2.